The number of carbonyl (C=O) groups is 2. The number of aliphatic hydroxyl groups is 2. The Kier molecular flexibility index (Phi) is 10.1. The number of fused-ring (bicyclic) bond motifs is 1. The first-order chi connectivity index (χ1) is 18.7. The van der Waals surface area contributed by atoms with E-state index in [9.17, 15) is 32.7 Å². The van der Waals surface area contributed by atoms with E-state index in [1.165, 1.54) is 24.3 Å². The number of phenolic OH excluding ortho intramolecular Hbond substituents is 1. The van der Waals surface area contributed by atoms with Crippen LogP contribution in [0.4, 0.5) is 13.2 Å². The molecule has 0 saturated heterocycles. The molecule has 11 nitrogen and oxygen atoms in total. The Morgan fingerprint density at radius 3 is 1.88 bits per heavy atom. The van der Waals surface area contributed by atoms with Gasteiger partial charge in [-0.15, -0.1) is 0 Å². The fraction of sp³-hybridized carbons (Fsp3) is 0.370. The average molecular weight is 586 g/mol. The summed E-state index contributed by atoms with van der Waals surface area (Å²) in [6, 6.07) is 8.98. The van der Waals surface area contributed by atoms with Crippen molar-refractivity contribution in [2.75, 3.05) is 14.1 Å². The van der Waals surface area contributed by atoms with Gasteiger partial charge in [-0.3, -0.25) is 4.79 Å². The van der Waals surface area contributed by atoms with Crippen molar-refractivity contribution in [1.82, 2.24) is 4.90 Å². The molecule has 2 unspecified atom stereocenters. The number of phenols is 1. The van der Waals surface area contributed by atoms with Crippen LogP contribution in [0, 0.1) is 0 Å². The highest BCUT2D eigenvalue weighted by molar-refractivity contribution is 5.84. The summed E-state index contributed by atoms with van der Waals surface area (Å²) in [5.41, 5.74) is -0.381. The first-order valence-corrected chi connectivity index (χ1v) is 11.9. The fourth-order valence-electron chi connectivity index (χ4n) is 3.45. The molecule has 0 radical (unpaired) electrons. The van der Waals surface area contributed by atoms with Gasteiger partial charge < -0.3 is 39.6 Å². The first kappa shape index (κ1) is 33.1. The minimum Gasteiger partial charge on any atom is -0.507 e. The number of halogens is 3. The average Bonchev–Trinajstić information content (AvgIpc) is 2.85. The molecule has 1 heterocycles. The Labute approximate surface area is 231 Å². The lowest BCUT2D eigenvalue weighted by atomic mass is 9.87. The summed E-state index contributed by atoms with van der Waals surface area (Å²) in [6.07, 6.45) is -9.51. The Morgan fingerprint density at radius 2 is 1.46 bits per heavy atom. The van der Waals surface area contributed by atoms with E-state index in [2.05, 4.69) is 0 Å². The third kappa shape index (κ3) is 8.19. The van der Waals surface area contributed by atoms with Gasteiger partial charge in [-0.1, -0.05) is 32.9 Å². The maximum absolute atomic E-state index is 13.8. The largest absolute Gasteiger partial charge is 0.507 e. The number of hydrogen-bond donors (Lipinski definition) is 5. The quantitative estimate of drug-likeness (QED) is 0.274. The van der Waals surface area contributed by atoms with Crippen molar-refractivity contribution in [3.8, 4) is 17.2 Å². The van der Waals surface area contributed by atoms with Crippen molar-refractivity contribution < 1.29 is 57.4 Å². The van der Waals surface area contributed by atoms with Crippen LogP contribution < -0.4 is 10.2 Å². The van der Waals surface area contributed by atoms with Crippen molar-refractivity contribution in [1.29, 1.82) is 0 Å². The van der Waals surface area contributed by atoms with Gasteiger partial charge in [0.05, 0.1) is 10.9 Å². The van der Waals surface area contributed by atoms with E-state index in [4.69, 9.17) is 29.6 Å². The number of aliphatic hydroxyl groups excluding tert-OH is 2. The molecule has 0 aliphatic heterocycles. The number of nitrogens with zero attached hydrogens (tertiary/aromatic N) is 1. The standard InChI is InChI=1S/C23H24F3NO4.C4H6O6/c1-22(2,3)13-6-8-14(9-7-13)30-20-18(29)15-10-11-17(28)16(12-27(4)5)19(15)31-21(20)23(24,25)26;5-1(3(7)8)2(6)4(9)10/h6-11,28H,12H2,1-5H3;1-2,5-6H,(H,7,8)(H,9,10). The smallest absolute Gasteiger partial charge is 0.453 e. The lowest BCUT2D eigenvalue weighted by Crippen LogP contribution is -2.39. The molecule has 0 amide bonds. The normalized spacial score (nSPS) is 13.3. The summed E-state index contributed by atoms with van der Waals surface area (Å²) >= 11 is 0. The number of carboxylic acid groups (broad SMARTS) is 2. The van der Waals surface area contributed by atoms with Gasteiger partial charge in [-0.25, -0.2) is 9.59 Å². The van der Waals surface area contributed by atoms with Crippen LogP contribution in [-0.4, -0.2) is 68.7 Å². The number of aliphatic carboxylic acids is 2. The predicted octanol–water partition coefficient (Wildman–Crippen LogP) is 3.55. The zero-order valence-corrected chi connectivity index (χ0v) is 22.7. The van der Waals surface area contributed by atoms with Crippen LogP contribution in [0.1, 0.15) is 37.7 Å². The van der Waals surface area contributed by atoms with Crippen molar-refractivity contribution in [3.63, 3.8) is 0 Å². The molecule has 0 spiro atoms. The molecule has 0 saturated carbocycles. The highest BCUT2D eigenvalue weighted by Gasteiger charge is 2.41. The van der Waals surface area contributed by atoms with E-state index in [1.807, 2.05) is 20.8 Å². The number of rotatable bonds is 7. The Balaban J connectivity index is 0.000000503. The van der Waals surface area contributed by atoms with Crippen LogP contribution in [0.3, 0.4) is 0 Å². The second-order valence-corrected chi connectivity index (χ2v) is 10.2. The molecule has 41 heavy (non-hydrogen) atoms. The molecule has 224 valence electrons. The molecule has 3 rings (SSSR count). The summed E-state index contributed by atoms with van der Waals surface area (Å²) < 4.78 is 51.9. The number of alkyl halides is 3. The number of benzene rings is 2. The highest BCUT2D eigenvalue weighted by Crippen LogP contribution is 2.40. The van der Waals surface area contributed by atoms with Crippen LogP contribution in [0.5, 0.6) is 17.2 Å². The van der Waals surface area contributed by atoms with E-state index in [1.54, 1.807) is 31.1 Å². The van der Waals surface area contributed by atoms with E-state index in [0.717, 1.165) is 5.56 Å². The van der Waals surface area contributed by atoms with Crippen LogP contribution in [0.15, 0.2) is 45.6 Å². The molecule has 2 atom stereocenters. The summed E-state index contributed by atoms with van der Waals surface area (Å²) in [6.45, 7) is 6.09. The predicted molar refractivity (Wildman–Crippen MR) is 139 cm³/mol. The molecule has 0 aliphatic rings. The highest BCUT2D eigenvalue weighted by atomic mass is 19.4. The zero-order chi connectivity index (χ0) is 31.4. The van der Waals surface area contributed by atoms with Crippen LogP contribution in [0.25, 0.3) is 11.0 Å². The van der Waals surface area contributed by atoms with Crippen LogP contribution in [-0.2, 0) is 27.7 Å². The molecule has 0 bridgehead atoms. The lowest BCUT2D eigenvalue weighted by Gasteiger charge is -2.19. The Morgan fingerprint density at radius 1 is 0.951 bits per heavy atom. The minimum atomic E-state index is -4.98. The number of ether oxygens (including phenoxy) is 1. The lowest BCUT2D eigenvalue weighted by molar-refractivity contribution is -0.165. The van der Waals surface area contributed by atoms with Gasteiger partial charge >= 0.3 is 18.1 Å². The molecule has 2 aromatic carbocycles. The molecule has 0 fully saturated rings. The van der Waals surface area contributed by atoms with Gasteiger partial charge in [-0.05, 0) is 49.3 Å². The maximum Gasteiger partial charge on any atom is 0.453 e. The molecule has 14 heteroatoms. The second kappa shape index (κ2) is 12.6. The monoisotopic (exact) mass is 585 g/mol. The van der Waals surface area contributed by atoms with Gasteiger partial charge in [0.25, 0.3) is 5.76 Å². The molecule has 5 N–H and O–H groups in total. The molecular weight excluding hydrogens is 555 g/mol. The van der Waals surface area contributed by atoms with Gasteiger partial charge in [0.1, 0.15) is 17.1 Å². The topological polar surface area (TPSA) is 178 Å². The third-order valence-electron chi connectivity index (χ3n) is 5.57. The summed E-state index contributed by atoms with van der Waals surface area (Å²) in [4.78, 5) is 34.2. The molecule has 3 aromatic rings. The van der Waals surface area contributed by atoms with Gasteiger partial charge in [-0.2, -0.15) is 13.2 Å². The van der Waals surface area contributed by atoms with E-state index >= 15 is 0 Å². The first-order valence-electron chi connectivity index (χ1n) is 11.9. The van der Waals surface area contributed by atoms with Crippen LogP contribution in [0.2, 0.25) is 0 Å². The van der Waals surface area contributed by atoms with Crippen molar-refractivity contribution in [3.05, 3.63) is 63.5 Å². The maximum atomic E-state index is 13.8. The Hall–Kier alpha value is -4.14. The van der Waals surface area contributed by atoms with Crippen molar-refractivity contribution in [2.45, 2.75) is 51.1 Å². The van der Waals surface area contributed by atoms with Gasteiger partial charge in [0.2, 0.25) is 11.2 Å². The fourth-order valence-corrected chi connectivity index (χ4v) is 3.45. The second-order valence-electron chi connectivity index (χ2n) is 10.2. The number of aromatic hydroxyl groups is 1. The SMILES string of the molecule is CN(C)Cc1c(O)ccc2c(=O)c(Oc3ccc(C(C)(C)C)cc3)c(C(F)(F)F)oc12.O=C(O)C(O)C(O)C(=O)O. The summed E-state index contributed by atoms with van der Waals surface area (Å²) in [7, 11) is 3.36. The summed E-state index contributed by atoms with van der Waals surface area (Å²) in [5.74, 6) is -6.20. The summed E-state index contributed by atoms with van der Waals surface area (Å²) in [5, 5.41) is 42.6. The molecule has 0 aliphatic carbocycles. The number of hydrogen-bond acceptors (Lipinski definition) is 9. The van der Waals surface area contributed by atoms with E-state index in [0.29, 0.717) is 0 Å². The van der Waals surface area contributed by atoms with Crippen LogP contribution >= 0.6 is 0 Å². The zero-order valence-electron chi connectivity index (χ0n) is 22.7. The van der Waals surface area contributed by atoms with Crippen molar-refractivity contribution in [2.24, 2.45) is 0 Å². The molecular formula is C27H30F3NO10. The van der Waals surface area contributed by atoms with Gasteiger partial charge in [0, 0.05) is 6.54 Å². The minimum absolute atomic E-state index is 0.0810. The van der Waals surface area contributed by atoms with E-state index in [-0.39, 0.29) is 40.0 Å². The number of carboxylic acids is 2. The Bertz CT molecular complexity index is 1440. The van der Waals surface area contributed by atoms with E-state index < -0.39 is 47.3 Å². The molecule has 1 aromatic heterocycles. The van der Waals surface area contributed by atoms with Crippen molar-refractivity contribution >= 4 is 22.9 Å². The third-order valence-corrected chi connectivity index (χ3v) is 5.57. The van der Waals surface area contributed by atoms with Gasteiger partial charge in [0.15, 0.2) is 12.2 Å².